The quantitative estimate of drug-likeness (QED) is 0.582. The van der Waals surface area contributed by atoms with E-state index in [1.807, 2.05) is 24.3 Å². The SMILES string of the molecule is O=C(OCC(=O)c1cnc(N2CCCCC2)s1)C1=Cc2ccccc2OC1. The Bertz CT molecular complexity index is 884. The van der Waals surface area contributed by atoms with E-state index < -0.39 is 5.97 Å². The largest absolute Gasteiger partial charge is 0.488 e. The fourth-order valence-corrected chi connectivity index (χ4v) is 4.05. The van der Waals surface area contributed by atoms with Crippen LogP contribution in [0.2, 0.25) is 0 Å². The van der Waals surface area contributed by atoms with Crippen molar-refractivity contribution in [3.05, 3.63) is 46.5 Å². The molecule has 0 atom stereocenters. The Hall–Kier alpha value is -2.67. The van der Waals surface area contributed by atoms with E-state index in [4.69, 9.17) is 9.47 Å². The Morgan fingerprint density at radius 2 is 2.00 bits per heavy atom. The first-order valence-corrected chi connectivity index (χ1v) is 9.86. The minimum atomic E-state index is -0.529. The molecule has 0 saturated carbocycles. The van der Waals surface area contributed by atoms with Gasteiger partial charge in [0, 0.05) is 18.7 Å². The second-order valence-electron chi connectivity index (χ2n) is 6.55. The molecule has 2 aliphatic rings. The molecular weight excluding hydrogens is 364 g/mol. The second kappa shape index (κ2) is 7.92. The number of esters is 1. The van der Waals surface area contributed by atoms with Crippen molar-refractivity contribution in [2.75, 3.05) is 31.2 Å². The summed E-state index contributed by atoms with van der Waals surface area (Å²) in [4.78, 5) is 31.7. The number of nitrogens with zero attached hydrogens (tertiary/aromatic N) is 2. The maximum Gasteiger partial charge on any atom is 0.337 e. The second-order valence-corrected chi connectivity index (χ2v) is 7.56. The molecule has 1 saturated heterocycles. The minimum Gasteiger partial charge on any atom is -0.488 e. The monoisotopic (exact) mass is 384 g/mol. The van der Waals surface area contributed by atoms with Crippen LogP contribution in [0.5, 0.6) is 5.75 Å². The van der Waals surface area contributed by atoms with Crippen molar-refractivity contribution in [3.8, 4) is 5.75 Å². The molecule has 3 heterocycles. The van der Waals surface area contributed by atoms with Crippen molar-refractivity contribution >= 4 is 34.3 Å². The molecule has 0 aliphatic carbocycles. The van der Waals surface area contributed by atoms with Gasteiger partial charge >= 0.3 is 5.97 Å². The number of hydrogen-bond donors (Lipinski definition) is 0. The van der Waals surface area contributed by atoms with Gasteiger partial charge in [-0.15, -0.1) is 0 Å². The first-order chi connectivity index (χ1) is 13.2. The normalized spacial score (nSPS) is 16.1. The molecule has 2 aromatic rings. The topological polar surface area (TPSA) is 68.7 Å². The number of hydrogen-bond acceptors (Lipinski definition) is 7. The number of Topliss-reactive ketones (excluding diaryl/α,β-unsaturated/α-hetero) is 1. The van der Waals surface area contributed by atoms with E-state index in [0.717, 1.165) is 42.4 Å². The van der Waals surface area contributed by atoms with Crippen molar-refractivity contribution in [1.82, 2.24) is 4.98 Å². The highest BCUT2D eigenvalue weighted by Gasteiger charge is 2.21. The highest BCUT2D eigenvalue weighted by atomic mass is 32.1. The van der Waals surface area contributed by atoms with Gasteiger partial charge in [0.15, 0.2) is 11.7 Å². The van der Waals surface area contributed by atoms with E-state index in [9.17, 15) is 9.59 Å². The molecule has 7 heteroatoms. The van der Waals surface area contributed by atoms with Gasteiger partial charge in [-0.05, 0) is 31.4 Å². The number of piperidine rings is 1. The third-order valence-electron chi connectivity index (χ3n) is 4.62. The summed E-state index contributed by atoms with van der Waals surface area (Å²) in [6.45, 7) is 1.81. The molecule has 0 amide bonds. The van der Waals surface area contributed by atoms with Gasteiger partial charge in [0.25, 0.3) is 0 Å². The van der Waals surface area contributed by atoms with E-state index in [-0.39, 0.29) is 19.0 Å². The van der Waals surface area contributed by atoms with Crippen molar-refractivity contribution in [3.63, 3.8) is 0 Å². The lowest BCUT2D eigenvalue weighted by Crippen LogP contribution is -2.29. The number of ether oxygens (including phenoxy) is 2. The summed E-state index contributed by atoms with van der Waals surface area (Å²) in [6.07, 6.45) is 6.87. The minimum absolute atomic E-state index is 0.143. The van der Waals surface area contributed by atoms with Gasteiger partial charge in [-0.3, -0.25) is 4.79 Å². The number of carbonyl (C=O) groups is 2. The summed E-state index contributed by atoms with van der Waals surface area (Å²) >= 11 is 1.36. The van der Waals surface area contributed by atoms with Crippen molar-refractivity contribution in [2.45, 2.75) is 19.3 Å². The van der Waals surface area contributed by atoms with Gasteiger partial charge in [-0.2, -0.15) is 0 Å². The fourth-order valence-electron chi connectivity index (χ4n) is 3.15. The van der Waals surface area contributed by atoms with E-state index in [0.29, 0.717) is 10.5 Å². The summed E-state index contributed by atoms with van der Waals surface area (Å²) in [5, 5.41) is 0.865. The van der Waals surface area contributed by atoms with Crippen LogP contribution >= 0.6 is 11.3 Å². The van der Waals surface area contributed by atoms with E-state index in [1.54, 1.807) is 12.3 Å². The maximum absolute atomic E-state index is 12.4. The van der Waals surface area contributed by atoms with E-state index >= 15 is 0 Å². The number of carbonyl (C=O) groups excluding carboxylic acids is 2. The standard InChI is InChI=1S/C20H20N2O4S/c23-16(18-11-21-20(27-18)22-8-4-1-5-9-22)13-26-19(24)15-10-14-6-2-3-7-17(14)25-12-15/h2-3,6-7,10-11H,1,4-5,8-9,12-13H2. The predicted molar refractivity (Wildman–Crippen MR) is 103 cm³/mol. The van der Waals surface area contributed by atoms with Crippen LogP contribution in [0.4, 0.5) is 5.13 Å². The number of para-hydroxylation sites is 1. The molecule has 0 unspecified atom stereocenters. The molecule has 0 N–H and O–H groups in total. The first kappa shape index (κ1) is 17.7. The van der Waals surface area contributed by atoms with E-state index in [1.165, 1.54) is 17.8 Å². The molecule has 140 valence electrons. The van der Waals surface area contributed by atoms with E-state index in [2.05, 4.69) is 9.88 Å². The Morgan fingerprint density at radius 1 is 1.19 bits per heavy atom. The number of anilines is 1. The molecule has 0 bridgehead atoms. The number of benzene rings is 1. The molecule has 0 spiro atoms. The highest BCUT2D eigenvalue weighted by molar-refractivity contribution is 7.17. The van der Waals surface area contributed by atoms with Crippen LogP contribution in [0.25, 0.3) is 6.08 Å². The summed E-state index contributed by atoms with van der Waals surface area (Å²) in [7, 11) is 0. The molecule has 1 fully saturated rings. The predicted octanol–water partition coefficient (Wildman–Crippen LogP) is 3.34. The van der Waals surface area contributed by atoms with Crippen LogP contribution < -0.4 is 9.64 Å². The van der Waals surface area contributed by atoms with Gasteiger partial charge in [0.05, 0.1) is 16.6 Å². The third-order valence-corrected chi connectivity index (χ3v) is 5.72. The number of ketones is 1. The number of aromatic nitrogens is 1. The fraction of sp³-hybridized carbons (Fsp3) is 0.350. The van der Waals surface area contributed by atoms with Gasteiger partial charge in [-0.25, -0.2) is 9.78 Å². The summed E-state index contributed by atoms with van der Waals surface area (Å²) in [6, 6.07) is 7.47. The van der Waals surface area contributed by atoms with Crippen LogP contribution in [0.3, 0.4) is 0 Å². The average molecular weight is 384 g/mol. The maximum atomic E-state index is 12.4. The van der Waals surface area contributed by atoms with Gasteiger partial charge < -0.3 is 14.4 Å². The zero-order valence-electron chi connectivity index (χ0n) is 14.8. The number of fused-ring (bicyclic) bond motifs is 1. The summed E-state index contributed by atoms with van der Waals surface area (Å²) in [5.41, 5.74) is 1.23. The highest BCUT2D eigenvalue weighted by Crippen LogP contribution is 2.27. The molecule has 27 heavy (non-hydrogen) atoms. The Balaban J connectivity index is 1.35. The summed E-state index contributed by atoms with van der Waals surface area (Å²) < 4.78 is 10.7. The average Bonchev–Trinajstić information content (AvgIpc) is 3.22. The Kier molecular flexibility index (Phi) is 5.20. The van der Waals surface area contributed by atoms with Crippen LogP contribution in [0.15, 0.2) is 36.0 Å². The number of thiazole rings is 1. The molecular formula is C20H20N2O4S. The summed E-state index contributed by atoms with van der Waals surface area (Å²) in [5.74, 6) is -0.0273. The van der Waals surface area contributed by atoms with Gasteiger partial charge in [0.2, 0.25) is 5.78 Å². The lowest BCUT2D eigenvalue weighted by Gasteiger charge is -2.25. The van der Waals surface area contributed by atoms with Crippen LogP contribution in [-0.2, 0) is 9.53 Å². The first-order valence-electron chi connectivity index (χ1n) is 9.04. The Labute approximate surface area is 161 Å². The van der Waals surface area contributed by atoms with Crippen molar-refractivity contribution in [2.24, 2.45) is 0 Å². The molecule has 1 aromatic carbocycles. The molecule has 4 rings (SSSR count). The van der Waals surface area contributed by atoms with Gasteiger partial charge in [-0.1, -0.05) is 29.5 Å². The molecule has 6 nitrogen and oxygen atoms in total. The molecule has 1 aromatic heterocycles. The smallest absolute Gasteiger partial charge is 0.337 e. The molecule has 2 aliphatic heterocycles. The lowest BCUT2D eigenvalue weighted by molar-refractivity contribution is -0.138. The van der Waals surface area contributed by atoms with Crippen LogP contribution in [0.1, 0.15) is 34.5 Å². The van der Waals surface area contributed by atoms with Gasteiger partial charge in [0.1, 0.15) is 12.4 Å². The number of rotatable bonds is 5. The van der Waals surface area contributed by atoms with Crippen molar-refractivity contribution < 1.29 is 19.1 Å². The van der Waals surface area contributed by atoms with Crippen LogP contribution in [0, 0.1) is 0 Å². The Morgan fingerprint density at radius 3 is 2.85 bits per heavy atom. The van der Waals surface area contributed by atoms with Crippen LogP contribution in [-0.4, -0.2) is 43.0 Å². The lowest BCUT2D eigenvalue weighted by atomic mass is 10.1. The zero-order valence-corrected chi connectivity index (χ0v) is 15.7. The van der Waals surface area contributed by atoms with Crippen molar-refractivity contribution in [1.29, 1.82) is 0 Å². The zero-order chi connectivity index (χ0) is 18.6. The third kappa shape index (κ3) is 4.03. The molecule has 0 radical (unpaired) electrons.